The Bertz CT molecular complexity index is 1480. The summed E-state index contributed by atoms with van der Waals surface area (Å²) in [5.41, 5.74) is 7.24. The molecule has 0 saturated heterocycles. The molecule has 0 aliphatic rings. The minimum atomic E-state index is -0.292. The third kappa shape index (κ3) is 7.91. The molecule has 0 aliphatic carbocycles. The summed E-state index contributed by atoms with van der Waals surface area (Å²) in [6, 6.07) is 22.0. The van der Waals surface area contributed by atoms with Gasteiger partial charge in [0.2, 0.25) is 5.91 Å². The maximum atomic E-state index is 13.9. The number of H-pyrrole nitrogens is 1. The van der Waals surface area contributed by atoms with Crippen LogP contribution in [0.1, 0.15) is 28.7 Å². The summed E-state index contributed by atoms with van der Waals surface area (Å²) in [7, 11) is 5.65. The van der Waals surface area contributed by atoms with Crippen LogP contribution in [0.25, 0.3) is 10.9 Å². The third-order valence-electron chi connectivity index (χ3n) is 7.74. The van der Waals surface area contributed by atoms with Gasteiger partial charge in [0, 0.05) is 75.9 Å². The average molecular weight is 570 g/mol. The number of aromatic amines is 1. The highest BCUT2D eigenvalue weighted by Crippen LogP contribution is 2.21. The Morgan fingerprint density at radius 2 is 1.67 bits per heavy atom. The van der Waals surface area contributed by atoms with E-state index >= 15 is 0 Å². The number of benzene rings is 3. The first-order valence-corrected chi connectivity index (χ1v) is 14.5. The minimum Gasteiger partial charge on any atom is -0.385 e. The van der Waals surface area contributed by atoms with Gasteiger partial charge in [0.05, 0.1) is 0 Å². The number of nitrogens with zero attached hydrogens (tertiary/aromatic N) is 3. The second-order valence-electron chi connectivity index (χ2n) is 10.9. The van der Waals surface area contributed by atoms with Crippen molar-refractivity contribution < 1.29 is 14.3 Å². The molecule has 0 radical (unpaired) electrons. The van der Waals surface area contributed by atoms with Crippen molar-refractivity contribution in [2.45, 2.75) is 33.2 Å². The van der Waals surface area contributed by atoms with E-state index < -0.39 is 0 Å². The lowest BCUT2D eigenvalue weighted by molar-refractivity contribution is -0.132. The van der Waals surface area contributed by atoms with E-state index in [4.69, 9.17) is 4.74 Å². The molecule has 3 aromatic carbocycles. The van der Waals surface area contributed by atoms with Gasteiger partial charge in [0.15, 0.2) is 0 Å². The van der Waals surface area contributed by atoms with E-state index in [1.54, 1.807) is 12.0 Å². The molecule has 8 heteroatoms. The predicted molar refractivity (Wildman–Crippen MR) is 171 cm³/mol. The summed E-state index contributed by atoms with van der Waals surface area (Å²) in [6.45, 7) is 5.87. The van der Waals surface area contributed by atoms with Gasteiger partial charge in [0.25, 0.3) is 0 Å². The van der Waals surface area contributed by atoms with Gasteiger partial charge in [-0.05, 0) is 73.2 Å². The number of carbonyl (C=O) groups excluding carboxylic acids is 2. The molecule has 2 N–H and O–H groups in total. The molecule has 1 heterocycles. The molecule has 222 valence electrons. The topological polar surface area (TPSA) is 80.9 Å². The molecule has 0 spiro atoms. The lowest BCUT2D eigenvalue weighted by Crippen LogP contribution is -2.45. The number of rotatable bonds is 13. The van der Waals surface area contributed by atoms with E-state index in [0.29, 0.717) is 39.1 Å². The summed E-state index contributed by atoms with van der Waals surface area (Å²) < 4.78 is 5.24. The first-order chi connectivity index (χ1) is 20.3. The van der Waals surface area contributed by atoms with E-state index in [-0.39, 0.29) is 18.5 Å². The molecule has 42 heavy (non-hydrogen) atoms. The summed E-state index contributed by atoms with van der Waals surface area (Å²) in [5, 5.41) is 4.19. The summed E-state index contributed by atoms with van der Waals surface area (Å²) in [5.74, 6) is -0.0972. The standard InChI is InChI=1S/C34H43N5O3/c1-25-10-8-13-31(26(25)2)36-34(41)39(19-9-21-42-5)24-33(40)38(23-27-14-16-29(17-15-27)37(3)4)20-18-28-22-35-32-12-7-6-11-30(28)32/h6-8,10-17,22,35H,9,18-21,23-24H2,1-5H3,(H,36,41). The first kappa shape index (κ1) is 30.7. The molecule has 0 atom stereocenters. The maximum Gasteiger partial charge on any atom is 0.322 e. The second-order valence-corrected chi connectivity index (χ2v) is 10.9. The lowest BCUT2D eigenvalue weighted by atomic mass is 10.1. The van der Waals surface area contributed by atoms with Crippen molar-refractivity contribution in [3.8, 4) is 0 Å². The molecule has 0 fully saturated rings. The number of para-hydroxylation sites is 1. The number of ether oxygens (including phenoxy) is 1. The summed E-state index contributed by atoms with van der Waals surface area (Å²) in [6.07, 6.45) is 3.35. The Morgan fingerprint density at radius 3 is 2.40 bits per heavy atom. The predicted octanol–water partition coefficient (Wildman–Crippen LogP) is 5.99. The molecule has 0 bridgehead atoms. The number of anilines is 2. The molecule has 3 amide bonds. The van der Waals surface area contributed by atoms with E-state index in [1.165, 1.54) is 0 Å². The smallest absolute Gasteiger partial charge is 0.322 e. The second kappa shape index (κ2) is 14.5. The Morgan fingerprint density at radius 1 is 0.905 bits per heavy atom. The number of amides is 3. The number of carbonyl (C=O) groups is 2. The fourth-order valence-electron chi connectivity index (χ4n) is 5.00. The Balaban J connectivity index is 1.54. The quantitative estimate of drug-likeness (QED) is 0.194. The van der Waals surface area contributed by atoms with Crippen LogP contribution in [0.15, 0.2) is 72.9 Å². The van der Waals surface area contributed by atoms with Crippen LogP contribution in [0.2, 0.25) is 0 Å². The van der Waals surface area contributed by atoms with Crippen molar-refractivity contribution in [3.05, 3.63) is 95.2 Å². The summed E-state index contributed by atoms with van der Waals surface area (Å²) >= 11 is 0. The van der Waals surface area contributed by atoms with Crippen molar-refractivity contribution in [3.63, 3.8) is 0 Å². The Labute approximate surface area is 249 Å². The van der Waals surface area contributed by atoms with Crippen LogP contribution in [-0.4, -0.2) is 74.2 Å². The van der Waals surface area contributed by atoms with Crippen molar-refractivity contribution in [2.24, 2.45) is 0 Å². The van der Waals surface area contributed by atoms with Crippen molar-refractivity contribution >= 4 is 34.2 Å². The van der Waals surface area contributed by atoms with E-state index in [2.05, 4.69) is 51.6 Å². The number of hydrogen-bond acceptors (Lipinski definition) is 4. The third-order valence-corrected chi connectivity index (χ3v) is 7.74. The highest BCUT2D eigenvalue weighted by atomic mass is 16.5. The monoisotopic (exact) mass is 569 g/mol. The van der Waals surface area contributed by atoms with Crippen LogP contribution in [0, 0.1) is 13.8 Å². The number of aromatic nitrogens is 1. The van der Waals surface area contributed by atoms with Gasteiger partial charge in [-0.3, -0.25) is 4.79 Å². The molecule has 4 rings (SSSR count). The van der Waals surface area contributed by atoms with Crippen molar-refractivity contribution in [2.75, 3.05) is 57.7 Å². The zero-order valence-corrected chi connectivity index (χ0v) is 25.4. The first-order valence-electron chi connectivity index (χ1n) is 14.5. The number of nitrogens with one attached hydrogen (secondary N) is 2. The van der Waals surface area contributed by atoms with Gasteiger partial charge < -0.3 is 29.7 Å². The molecule has 0 aliphatic heterocycles. The lowest BCUT2D eigenvalue weighted by Gasteiger charge is -2.28. The fourth-order valence-corrected chi connectivity index (χ4v) is 5.00. The van der Waals surface area contributed by atoms with Crippen LogP contribution >= 0.6 is 0 Å². The molecule has 8 nitrogen and oxygen atoms in total. The SMILES string of the molecule is COCCCN(CC(=O)N(CCc1c[nH]c2ccccc12)Cc1ccc(N(C)C)cc1)C(=O)Nc1cccc(C)c1C. The molecular formula is C34H43N5O3. The highest BCUT2D eigenvalue weighted by molar-refractivity contribution is 5.93. The van der Waals surface area contributed by atoms with Crippen molar-refractivity contribution in [1.29, 1.82) is 0 Å². The number of urea groups is 1. The molecule has 4 aromatic rings. The van der Waals surface area contributed by atoms with Gasteiger partial charge in [-0.2, -0.15) is 0 Å². The molecule has 0 unspecified atom stereocenters. The van der Waals surface area contributed by atoms with Crippen LogP contribution in [0.5, 0.6) is 0 Å². The van der Waals surface area contributed by atoms with Gasteiger partial charge in [0.1, 0.15) is 6.54 Å². The van der Waals surface area contributed by atoms with Crippen LogP contribution in [-0.2, 0) is 22.5 Å². The Kier molecular flexibility index (Phi) is 10.6. The van der Waals surface area contributed by atoms with Gasteiger partial charge in [-0.15, -0.1) is 0 Å². The zero-order chi connectivity index (χ0) is 30.1. The maximum absolute atomic E-state index is 13.9. The van der Waals surface area contributed by atoms with E-state index in [1.807, 2.05) is 69.4 Å². The van der Waals surface area contributed by atoms with Crippen LogP contribution < -0.4 is 10.2 Å². The van der Waals surface area contributed by atoms with Crippen LogP contribution in [0.4, 0.5) is 16.2 Å². The number of aryl methyl sites for hydroxylation is 1. The van der Waals surface area contributed by atoms with E-state index in [0.717, 1.165) is 44.5 Å². The number of methoxy groups -OCH3 is 1. The fraction of sp³-hybridized carbons (Fsp3) is 0.353. The summed E-state index contributed by atoms with van der Waals surface area (Å²) in [4.78, 5) is 36.2. The Hall–Kier alpha value is -4.30. The largest absolute Gasteiger partial charge is 0.385 e. The van der Waals surface area contributed by atoms with Crippen molar-refractivity contribution in [1.82, 2.24) is 14.8 Å². The minimum absolute atomic E-state index is 0.0237. The van der Waals surface area contributed by atoms with Gasteiger partial charge >= 0.3 is 6.03 Å². The number of fused-ring (bicyclic) bond motifs is 1. The number of hydrogen-bond donors (Lipinski definition) is 2. The highest BCUT2D eigenvalue weighted by Gasteiger charge is 2.23. The average Bonchev–Trinajstić information content (AvgIpc) is 3.40. The molecular weight excluding hydrogens is 526 g/mol. The normalized spacial score (nSPS) is 11.0. The molecule has 1 aromatic heterocycles. The van der Waals surface area contributed by atoms with E-state index in [9.17, 15) is 9.59 Å². The zero-order valence-electron chi connectivity index (χ0n) is 25.4. The van der Waals surface area contributed by atoms with Gasteiger partial charge in [-0.25, -0.2) is 4.79 Å². The molecule has 0 saturated carbocycles. The van der Waals surface area contributed by atoms with Gasteiger partial charge in [-0.1, -0.05) is 42.5 Å². The van der Waals surface area contributed by atoms with Crippen LogP contribution in [0.3, 0.4) is 0 Å².